The summed E-state index contributed by atoms with van der Waals surface area (Å²) in [6, 6.07) is 16.2. The highest BCUT2D eigenvalue weighted by atomic mass is 16.5. The summed E-state index contributed by atoms with van der Waals surface area (Å²) in [4.78, 5) is 11.7. The van der Waals surface area contributed by atoms with Crippen LogP contribution in [0.25, 0.3) is 0 Å². The highest BCUT2D eigenvalue weighted by Gasteiger charge is 2.12. The van der Waals surface area contributed by atoms with Crippen LogP contribution in [0.4, 0.5) is 0 Å². The molecule has 2 aromatic carbocycles. The second-order valence-corrected chi connectivity index (χ2v) is 5.16. The number of aryl methyl sites for hydroxylation is 1. The molecule has 3 nitrogen and oxygen atoms in total. The van der Waals surface area contributed by atoms with Gasteiger partial charge in [-0.05, 0) is 31.0 Å². The van der Waals surface area contributed by atoms with E-state index >= 15 is 0 Å². The van der Waals surface area contributed by atoms with Crippen LogP contribution >= 0.6 is 0 Å². The number of hydrogen-bond donors (Lipinski definition) is 1. The van der Waals surface area contributed by atoms with E-state index < -0.39 is 0 Å². The number of carbonyl (C=O) groups excluding carboxylic acids is 1. The van der Waals surface area contributed by atoms with Crippen LogP contribution in [0.3, 0.4) is 0 Å². The van der Waals surface area contributed by atoms with Crippen molar-refractivity contribution in [1.82, 2.24) is 5.32 Å². The van der Waals surface area contributed by atoms with Crippen LogP contribution in [0.5, 0.6) is 0 Å². The molecule has 2 rings (SSSR count). The lowest BCUT2D eigenvalue weighted by molar-refractivity contribution is 0.0599. The van der Waals surface area contributed by atoms with Gasteiger partial charge in [-0.3, -0.25) is 0 Å². The maximum atomic E-state index is 11.7. The van der Waals surface area contributed by atoms with Gasteiger partial charge in [-0.1, -0.05) is 48.0 Å². The van der Waals surface area contributed by atoms with Gasteiger partial charge in [-0.15, -0.1) is 0 Å². The molecular formula is C18H21NO2. The fourth-order valence-corrected chi connectivity index (χ4v) is 2.22. The fourth-order valence-electron chi connectivity index (χ4n) is 2.22. The van der Waals surface area contributed by atoms with Crippen molar-refractivity contribution >= 4 is 5.97 Å². The van der Waals surface area contributed by atoms with E-state index in [0.29, 0.717) is 12.1 Å². The summed E-state index contributed by atoms with van der Waals surface area (Å²) in [5.41, 5.74) is 4.05. The summed E-state index contributed by atoms with van der Waals surface area (Å²) in [5, 5.41) is 3.45. The van der Waals surface area contributed by atoms with Crippen molar-refractivity contribution in [3.63, 3.8) is 0 Å². The van der Waals surface area contributed by atoms with Gasteiger partial charge < -0.3 is 10.1 Å². The third-order valence-corrected chi connectivity index (χ3v) is 3.60. The number of methoxy groups -OCH3 is 1. The maximum absolute atomic E-state index is 11.7. The number of carbonyl (C=O) groups is 1. The van der Waals surface area contributed by atoms with Crippen molar-refractivity contribution in [2.24, 2.45) is 0 Å². The number of hydrogen-bond acceptors (Lipinski definition) is 3. The van der Waals surface area contributed by atoms with Crippen LogP contribution in [0.1, 0.15) is 40.0 Å². The highest BCUT2D eigenvalue weighted by molar-refractivity contribution is 5.90. The summed E-state index contributed by atoms with van der Waals surface area (Å²) < 4.78 is 4.81. The minimum atomic E-state index is -0.296. The summed E-state index contributed by atoms with van der Waals surface area (Å²) >= 11 is 0. The largest absolute Gasteiger partial charge is 0.465 e. The van der Waals surface area contributed by atoms with E-state index in [0.717, 1.165) is 5.56 Å². The van der Waals surface area contributed by atoms with E-state index in [1.807, 2.05) is 18.2 Å². The molecule has 0 aliphatic carbocycles. The van der Waals surface area contributed by atoms with E-state index in [-0.39, 0.29) is 12.0 Å². The topological polar surface area (TPSA) is 38.3 Å². The van der Waals surface area contributed by atoms with Crippen LogP contribution in [-0.4, -0.2) is 13.1 Å². The summed E-state index contributed by atoms with van der Waals surface area (Å²) in [7, 11) is 1.40. The Bertz CT molecular complexity index is 605. The molecule has 0 fully saturated rings. The Kier molecular flexibility index (Phi) is 5.12. The van der Waals surface area contributed by atoms with E-state index in [4.69, 9.17) is 4.74 Å². The maximum Gasteiger partial charge on any atom is 0.338 e. The third-order valence-electron chi connectivity index (χ3n) is 3.60. The first-order valence-corrected chi connectivity index (χ1v) is 7.08. The molecule has 0 heterocycles. The standard InChI is InChI=1S/C18H21NO2/c1-13-8-10-15(11-9-13)14(2)19-12-16-6-4-5-7-17(16)18(20)21-3/h4-11,14,19H,12H2,1-3H3/t14-/m0/s1. The van der Waals surface area contributed by atoms with E-state index in [1.165, 1.54) is 18.2 Å². The van der Waals surface area contributed by atoms with E-state index in [1.54, 1.807) is 6.07 Å². The lowest BCUT2D eigenvalue weighted by Crippen LogP contribution is -2.20. The second-order valence-electron chi connectivity index (χ2n) is 5.16. The van der Waals surface area contributed by atoms with Crippen molar-refractivity contribution in [2.45, 2.75) is 26.4 Å². The molecule has 0 unspecified atom stereocenters. The Hall–Kier alpha value is -2.13. The smallest absolute Gasteiger partial charge is 0.338 e. The number of esters is 1. The van der Waals surface area contributed by atoms with Crippen molar-refractivity contribution in [3.8, 4) is 0 Å². The molecule has 3 heteroatoms. The molecule has 1 N–H and O–H groups in total. The van der Waals surface area contributed by atoms with Gasteiger partial charge in [-0.2, -0.15) is 0 Å². The summed E-state index contributed by atoms with van der Waals surface area (Å²) in [6.45, 7) is 4.82. The molecule has 0 amide bonds. The average Bonchev–Trinajstić information content (AvgIpc) is 2.52. The lowest BCUT2D eigenvalue weighted by Gasteiger charge is -2.16. The SMILES string of the molecule is COC(=O)c1ccccc1CN[C@@H](C)c1ccc(C)cc1. The third kappa shape index (κ3) is 3.92. The van der Waals surface area contributed by atoms with Gasteiger partial charge in [0.2, 0.25) is 0 Å². The molecule has 21 heavy (non-hydrogen) atoms. The Balaban J connectivity index is 2.06. The molecule has 0 spiro atoms. The van der Waals surface area contributed by atoms with E-state index in [2.05, 4.69) is 43.4 Å². The Morgan fingerprint density at radius 1 is 1.14 bits per heavy atom. The van der Waals surface area contributed by atoms with Gasteiger partial charge in [0.1, 0.15) is 0 Å². The van der Waals surface area contributed by atoms with Crippen molar-refractivity contribution in [1.29, 1.82) is 0 Å². The van der Waals surface area contributed by atoms with Gasteiger partial charge in [0.15, 0.2) is 0 Å². The summed E-state index contributed by atoms with van der Waals surface area (Å²) in [6.07, 6.45) is 0. The quantitative estimate of drug-likeness (QED) is 0.852. The van der Waals surface area contributed by atoms with Gasteiger partial charge in [0.25, 0.3) is 0 Å². The Morgan fingerprint density at radius 3 is 2.48 bits per heavy atom. The number of nitrogens with one attached hydrogen (secondary N) is 1. The normalized spacial score (nSPS) is 12.0. The molecule has 0 aliphatic heterocycles. The van der Waals surface area contributed by atoms with Crippen LogP contribution in [0.15, 0.2) is 48.5 Å². The number of ether oxygens (including phenoxy) is 1. The van der Waals surface area contributed by atoms with Gasteiger partial charge in [0, 0.05) is 12.6 Å². The molecular weight excluding hydrogens is 262 g/mol. The predicted octanol–water partition coefficient (Wildman–Crippen LogP) is 3.63. The average molecular weight is 283 g/mol. The Labute approximate surface area is 126 Å². The van der Waals surface area contributed by atoms with Crippen LogP contribution in [0, 0.1) is 6.92 Å². The van der Waals surface area contributed by atoms with Crippen LogP contribution in [0.2, 0.25) is 0 Å². The highest BCUT2D eigenvalue weighted by Crippen LogP contribution is 2.15. The van der Waals surface area contributed by atoms with Crippen LogP contribution < -0.4 is 5.32 Å². The molecule has 1 atom stereocenters. The van der Waals surface area contributed by atoms with Gasteiger partial charge in [0.05, 0.1) is 12.7 Å². The first-order chi connectivity index (χ1) is 10.1. The fraction of sp³-hybridized carbons (Fsp3) is 0.278. The molecule has 0 aliphatic rings. The molecule has 110 valence electrons. The zero-order valence-electron chi connectivity index (χ0n) is 12.7. The number of rotatable bonds is 5. The molecule has 0 bridgehead atoms. The molecule has 2 aromatic rings. The van der Waals surface area contributed by atoms with Gasteiger partial charge in [-0.25, -0.2) is 4.79 Å². The van der Waals surface area contributed by atoms with Crippen LogP contribution in [-0.2, 0) is 11.3 Å². The zero-order chi connectivity index (χ0) is 15.2. The first kappa shape index (κ1) is 15.3. The van der Waals surface area contributed by atoms with Gasteiger partial charge >= 0.3 is 5.97 Å². The monoisotopic (exact) mass is 283 g/mol. The Morgan fingerprint density at radius 2 is 1.81 bits per heavy atom. The van der Waals surface area contributed by atoms with E-state index in [9.17, 15) is 4.79 Å². The summed E-state index contributed by atoms with van der Waals surface area (Å²) in [5.74, 6) is -0.296. The first-order valence-electron chi connectivity index (χ1n) is 7.08. The van der Waals surface area contributed by atoms with Crippen molar-refractivity contribution in [2.75, 3.05) is 7.11 Å². The predicted molar refractivity (Wildman–Crippen MR) is 84.2 cm³/mol. The molecule has 0 saturated heterocycles. The molecule has 0 aromatic heterocycles. The second kappa shape index (κ2) is 7.04. The number of benzene rings is 2. The molecule has 0 saturated carbocycles. The lowest BCUT2D eigenvalue weighted by atomic mass is 10.0. The van der Waals surface area contributed by atoms with Crippen molar-refractivity contribution < 1.29 is 9.53 Å². The minimum Gasteiger partial charge on any atom is -0.465 e. The van der Waals surface area contributed by atoms with Crippen molar-refractivity contribution in [3.05, 3.63) is 70.8 Å². The molecule has 0 radical (unpaired) electrons. The zero-order valence-corrected chi connectivity index (χ0v) is 12.7. The minimum absolute atomic E-state index is 0.219.